The largest absolute Gasteiger partial charge is 0.326 e. The summed E-state index contributed by atoms with van der Waals surface area (Å²) in [6.45, 7) is 3.27. The maximum atomic E-state index is 13.9. The highest BCUT2D eigenvalue weighted by atomic mass is 35.5. The van der Waals surface area contributed by atoms with Gasteiger partial charge in [-0.05, 0) is 42.8 Å². The quantitative estimate of drug-likeness (QED) is 0.547. The Balaban J connectivity index is 1.84. The smallest absolute Gasteiger partial charge is 0.229 e. The molecule has 2 amide bonds. The maximum absolute atomic E-state index is 13.9. The minimum Gasteiger partial charge on any atom is -0.326 e. The van der Waals surface area contributed by atoms with E-state index in [0.717, 1.165) is 5.56 Å². The Morgan fingerprint density at radius 2 is 1.87 bits per heavy atom. The molecule has 1 N–H and O–H groups in total. The molecule has 0 unspecified atom stereocenters. The molecule has 1 heterocycles. The second-order valence-corrected chi connectivity index (χ2v) is 7.43. The van der Waals surface area contributed by atoms with Crippen LogP contribution in [0.1, 0.15) is 18.1 Å². The van der Waals surface area contributed by atoms with Crippen LogP contribution in [0.2, 0.25) is 10.0 Å². The van der Waals surface area contributed by atoms with Crippen LogP contribution in [0.25, 0.3) is 0 Å². The third-order valence-electron chi connectivity index (χ3n) is 4.39. The number of benzene rings is 2. The standard InChI is InChI=1S/C22H18Cl2FN3O2/c1-13-6-7-16(11-19(13)24)28(14(2)29)21-10-15(8-9-26-21)27-22(30)12-17-18(23)4-3-5-20(17)25/h3-11H,12H2,1-2H3,(H,26,27,30). The summed E-state index contributed by atoms with van der Waals surface area (Å²) in [5.74, 6) is -0.966. The van der Waals surface area contributed by atoms with Crippen molar-refractivity contribution in [2.75, 3.05) is 10.2 Å². The lowest BCUT2D eigenvalue weighted by Crippen LogP contribution is -2.24. The maximum Gasteiger partial charge on any atom is 0.229 e. The number of pyridine rings is 1. The molecule has 0 saturated heterocycles. The molecule has 1 aromatic heterocycles. The van der Waals surface area contributed by atoms with Crippen LogP contribution >= 0.6 is 23.2 Å². The SMILES string of the molecule is CC(=O)N(c1ccc(C)c(Cl)c1)c1cc(NC(=O)Cc2c(F)cccc2Cl)ccn1. The molecule has 30 heavy (non-hydrogen) atoms. The Kier molecular flexibility index (Phi) is 6.70. The Hall–Kier alpha value is -2.96. The van der Waals surface area contributed by atoms with E-state index in [1.165, 1.54) is 36.2 Å². The van der Waals surface area contributed by atoms with Gasteiger partial charge in [0, 0.05) is 40.5 Å². The second kappa shape index (κ2) is 9.24. The van der Waals surface area contributed by atoms with Crippen molar-refractivity contribution in [1.82, 2.24) is 4.98 Å². The number of halogens is 3. The lowest BCUT2D eigenvalue weighted by molar-refractivity contribution is -0.116. The molecule has 3 aromatic rings. The van der Waals surface area contributed by atoms with Crippen molar-refractivity contribution in [3.8, 4) is 0 Å². The summed E-state index contributed by atoms with van der Waals surface area (Å²) in [4.78, 5) is 30.3. The first-order valence-corrected chi connectivity index (χ1v) is 9.77. The predicted molar refractivity (Wildman–Crippen MR) is 117 cm³/mol. The summed E-state index contributed by atoms with van der Waals surface area (Å²) in [7, 11) is 0. The molecule has 154 valence electrons. The van der Waals surface area contributed by atoms with Crippen LogP contribution in [0.3, 0.4) is 0 Å². The number of amides is 2. The number of nitrogens with zero attached hydrogens (tertiary/aromatic N) is 2. The Morgan fingerprint density at radius 3 is 2.53 bits per heavy atom. The summed E-state index contributed by atoms with van der Waals surface area (Å²) in [6.07, 6.45) is 1.24. The molecule has 0 radical (unpaired) electrons. The van der Waals surface area contributed by atoms with E-state index in [0.29, 0.717) is 22.2 Å². The van der Waals surface area contributed by atoms with Crippen LogP contribution in [0.15, 0.2) is 54.7 Å². The zero-order valence-corrected chi connectivity index (χ0v) is 17.8. The monoisotopic (exact) mass is 445 g/mol. The Labute approximate surface area is 183 Å². The van der Waals surface area contributed by atoms with E-state index in [-0.39, 0.29) is 22.9 Å². The van der Waals surface area contributed by atoms with Crippen molar-refractivity contribution < 1.29 is 14.0 Å². The van der Waals surface area contributed by atoms with E-state index in [1.54, 1.807) is 30.3 Å². The van der Waals surface area contributed by atoms with E-state index in [9.17, 15) is 14.0 Å². The van der Waals surface area contributed by atoms with Crippen molar-refractivity contribution in [1.29, 1.82) is 0 Å². The third-order valence-corrected chi connectivity index (χ3v) is 5.15. The summed E-state index contributed by atoms with van der Waals surface area (Å²) in [5.41, 5.74) is 1.95. The van der Waals surface area contributed by atoms with Crippen molar-refractivity contribution >= 4 is 52.2 Å². The van der Waals surface area contributed by atoms with Crippen LogP contribution in [0.4, 0.5) is 21.6 Å². The van der Waals surface area contributed by atoms with Crippen LogP contribution in [0, 0.1) is 12.7 Å². The number of carbonyl (C=O) groups is 2. The predicted octanol–water partition coefficient (Wildman–Crippen LogP) is 5.70. The Morgan fingerprint density at radius 1 is 1.10 bits per heavy atom. The molecular weight excluding hydrogens is 428 g/mol. The van der Waals surface area contributed by atoms with Crippen molar-refractivity contribution in [3.63, 3.8) is 0 Å². The number of hydrogen-bond acceptors (Lipinski definition) is 3. The van der Waals surface area contributed by atoms with E-state index in [1.807, 2.05) is 6.92 Å². The van der Waals surface area contributed by atoms with Gasteiger partial charge in [-0.15, -0.1) is 0 Å². The first kappa shape index (κ1) is 21.7. The van der Waals surface area contributed by atoms with Gasteiger partial charge in [0.15, 0.2) is 0 Å². The fourth-order valence-corrected chi connectivity index (χ4v) is 3.29. The van der Waals surface area contributed by atoms with Crippen LogP contribution in [0.5, 0.6) is 0 Å². The molecule has 0 aliphatic heterocycles. The molecule has 0 aliphatic carbocycles. The van der Waals surface area contributed by atoms with Crippen molar-refractivity contribution in [2.24, 2.45) is 0 Å². The highest BCUT2D eigenvalue weighted by Crippen LogP contribution is 2.29. The Bertz CT molecular complexity index is 1100. The fraction of sp³-hybridized carbons (Fsp3) is 0.136. The summed E-state index contributed by atoms with van der Waals surface area (Å²) in [6, 6.07) is 12.6. The third kappa shape index (κ3) is 4.96. The number of nitrogens with one attached hydrogen (secondary N) is 1. The summed E-state index contributed by atoms with van der Waals surface area (Å²) in [5, 5.41) is 3.38. The number of aryl methyl sites for hydroxylation is 1. The summed E-state index contributed by atoms with van der Waals surface area (Å²) >= 11 is 12.2. The van der Waals surface area contributed by atoms with Crippen LogP contribution in [-0.2, 0) is 16.0 Å². The zero-order chi connectivity index (χ0) is 21.8. The number of rotatable bonds is 5. The summed E-state index contributed by atoms with van der Waals surface area (Å²) < 4.78 is 13.9. The van der Waals surface area contributed by atoms with Gasteiger partial charge >= 0.3 is 0 Å². The van der Waals surface area contributed by atoms with Gasteiger partial charge in [0.1, 0.15) is 11.6 Å². The van der Waals surface area contributed by atoms with Crippen molar-refractivity contribution in [3.05, 3.63) is 81.7 Å². The molecular formula is C22H18Cl2FN3O2. The molecule has 0 fully saturated rings. The molecule has 0 bridgehead atoms. The first-order chi connectivity index (χ1) is 14.3. The van der Waals surface area contributed by atoms with E-state index >= 15 is 0 Å². The molecule has 3 rings (SSSR count). The van der Waals surface area contributed by atoms with E-state index in [4.69, 9.17) is 23.2 Å². The second-order valence-electron chi connectivity index (χ2n) is 6.62. The normalized spacial score (nSPS) is 10.6. The molecule has 0 spiro atoms. The number of aromatic nitrogens is 1. The van der Waals surface area contributed by atoms with Gasteiger partial charge < -0.3 is 5.32 Å². The number of hydrogen-bond donors (Lipinski definition) is 1. The molecule has 0 atom stereocenters. The van der Waals surface area contributed by atoms with Crippen LogP contribution < -0.4 is 10.2 Å². The molecule has 0 saturated carbocycles. The average molecular weight is 446 g/mol. The molecule has 0 aliphatic rings. The van der Waals surface area contributed by atoms with Crippen LogP contribution in [-0.4, -0.2) is 16.8 Å². The average Bonchev–Trinajstić information content (AvgIpc) is 2.68. The van der Waals surface area contributed by atoms with Gasteiger partial charge in [0.05, 0.1) is 12.1 Å². The first-order valence-electron chi connectivity index (χ1n) is 9.02. The number of carbonyl (C=O) groups excluding carboxylic acids is 2. The van der Waals surface area contributed by atoms with Gasteiger partial charge in [-0.1, -0.05) is 35.3 Å². The zero-order valence-electron chi connectivity index (χ0n) is 16.2. The van der Waals surface area contributed by atoms with Gasteiger partial charge in [0.25, 0.3) is 0 Å². The number of anilines is 3. The molecule has 2 aromatic carbocycles. The van der Waals surface area contributed by atoms with E-state index < -0.39 is 11.7 Å². The van der Waals surface area contributed by atoms with E-state index in [2.05, 4.69) is 10.3 Å². The van der Waals surface area contributed by atoms with Gasteiger partial charge in [-0.25, -0.2) is 9.37 Å². The molecule has 5 nitrogen and oxygen atoms in total. The highest BCUT2D eigenvalue weighted by Gasteiger charge is 2.18. The minimum absolute atomic E-state index is 0.116. The lowest BCUT2D eigenvalue weighted by Gasteiger charge is -2.21. The minimum atomic E-state index is -0.549. The van der Waals surface area contributed by atoms with Gasteiger partial charge in [-0.2, -0.15) is 0 Å². The topological polar surface area (TPSA) is 62.3 Å². The van der Waals surface area contributed by atoms with Gasteiger partial charge in [0.2, 0.25) is 11.8 Å². The fourth-order valence-electron chi connectivity index (χ4n) is 2.88. The molecule has 8 heteroatoms. The lowest BCUT2D eigenvalue weighted by atomic mass is 10.1. The highest BCUT2D eigenvalue weighted by molar-refractivity contribution is 6.32. The van der Waals surface area contributed by atoms with Crippen molar-refractivity contribution in [2.45, 2.75) is 20.3 Å². The van der Waals surface area contributed by atoms with Gasteiger partial charge in [-0.3, -0.25) is 14.5 Å².